The minimum atomic E-state index is -3.30. The van der Waals surface area contributed by atoms with Crippen LogP contribution in [0, 0.1) is 5.41 Å². The highest BCUT2D eigenvalue weighted by Gasteiger charge is 2.17. The number of rotatable bonds is 8. The van der Waals surface area contributed by atoms with Crippen molar-refractivity contribution in [2.45, 2.75) is 37.6 Å². The van der Waals surface area contributed by atoms with E-state index in [1.165, 1.54) is 12.1 Å². The third-order valence-corrected chi connectivity index (χ3v) is 5.41. The number of hydrogen-bond acceptors (Lipinski definition) is 4. The third kappa shape index (κ3) is 5.13. The lowest BCUT2D eigenvalue weighted by atomic mass is 10.2. The molecule has 0 fully saturated rings. The van der Waals surface area contributed by atoms with Crippen LogP contribution in [0.25, 0.3) is 0 Å². The highest BCUT2D eigenvalue weighted by molar-refractivity contribution is 7.91. The molecule has 118 valence electrons. The lowest BCUT2D eigenvalue weighted by Gasteiger charge is -2.24. The molecule has 0 radical (unpaired) electrons. The van der Waals surface area contributed by atoms with Gasteiger partial charge in [-0.05, 0) is 32.5 Å². The molecule has 0 amide bonds. The van der Waals surface area contributed by atoms with Gasteiger partial charge in [-0.2, -0.15) is 0 Å². The van der Waals surface area contributed by atoms with Crippen LogP contribution >= 0.6 is 0 Å². The summed E-state index contributed by atoms with van der Waals surface area (Å²) in [5.74, 6) is 0.0313. The number of nitrogens with one attached hydrogen (secondary N) is 1. The molecule has 1 aromatic carbocycles. The molecule has 21 heavy (non-hydrogen) atoms. The van der Waals surface area contributed by atoms with Crippen molar-refractivity contribution >= 4 is 15.7 Å². The number of nitrogen functional groups attached to an aromatic ring is 1. The first-order valence-corrected chi connectivity index (χ1v) is 8.80. The van der Waals surface area contributed by atoms with E-state index in [1.807, 2.05) is 7.05 Å². The van der Waals surface area contributed by atoms with E-state index >= 15 is 0 Å². The monoisotopic (exact) mass is 311 g/mol. The van der Waals surface area contributed by atoms with E-state index in [0.29, 0.717) is 18.2 Å². The first-order valence-electron chi connectivity index (χ1n) is 7.15. The molecule has 1 atom stereocenters. The van der Waals surface area contributed by atoms with Crippen LogP contribution in [0.4, 0.5) is 0 Å². The second kappa shape index (κ2) is 7.56. The van der Waals surface area contributed by atoms with Gasteiger partial charge < -0.3 is 10.6 Å². The molecule has 0 aliphatic rings. The Morgan fingerprint density at radius 1 is 1.33 bits per heavy atom. The third-order valence-electron chi connectivity index (χ3n) is 3.70. The maximum absolute atomic E-state index is 12.3. The van der Waals surface area contributed by atoms with Crippen LogP contribution in [-0.2, 0) is 9.84 Å². The van der Waals surface area contributed by atoms with Crippen molar-refractivity contribution < 1.29 is 8.42 Å². The molecule has 0 spiro atoms. The van der Waals surface area contributed by atoms with Gasteiger partial charge in [0.2, 0.25) is 0 Å². The second-order valence-corrected chi connectivity index (χ2v) is 7.48. The summed E-state index contributed by atoms with van der Waals surface area (Å²) in [6.45, 7) is 4.74. The fourth-order valence-electron chi connectivity index (χ4n) is 2.08. The van der Waals surface area contributed by atoms with Crippen LogP contribution < -0.4 is 5.73 Å². The molecule has 5 nitrogen and oxygen atoms in total. The zero-order valence-corrected chi connectivity index (χ0v) is 13.8. The van der Waals surface area contributed by atoms with Crippen molar-refractivity contribution in [2.75, 3.05) is 19.3 Å². The zero-order valence-electron chi connectivity index (χ0n) is 13.0. The van der Waals surface area contributed by atoms with Gasteiger partial charge in [0.1, 0.15) is 5.84 Å². The fraction of sp³-hybridized carbons (Fsp3) is 0.533. The SMILES string of the molecule is CCCC(C)N(C)CCS(=O)(=O)c1ccc(C(=N)N)cc1. The number of benzene rings is 1. The summed E-state index contributed by atoms with van der Waals surface area (Å²) in [6.07, 6.45) is 2.15. The van der Waals surface area contributed by atoms with Crippen molar-refractivity contribution in [2.24, 2.45) is 5.73 Å². The van der Waals surface area contributed by atoms with Crippen LogP contribution in [0.15, 0.2) is 29.2 Å². The molecule has 1 rings (SSSR count). The molecule has 3 N–H and O–H groups in total. The zero-order chi connectivity index (χ0) is 16.0. The smallest absolute Gasteiger partial charge is 0.179 e. The van der Waals surface area contributed by atoms with Crippen LogP contribution in [0.5, 0.6) is 0 Å². The Hall–Kier alpha value is -1.40. The van der Waals surface area contributed by atoms with Crippen LogP contribution in [0.2, 0.25) is 0 Å². The van der Waals surface area contributed by atoms with E-state index in [9.17, 15) is 8.42 Å². The van der Waals surface area contributed by atoms with Crippen molar-refractivity contribution in [3.05, 3.63) is 29.8 Å². The molecule has 1 aromatic rings. The molecule has 0 aromatic heterocycles. The summed E-state index contributed by atoms with van der Waals surface area (Å²) in [6, 6.07) is 6.55. The van der Waals surface area contributed by atoms with Gasteiger partial charge in [0, 0.05) is 18.2 Å². The standard InChI is InChI=1S/C15H25N3O2S/c1-4-5-12(2)18(3)10-11-21(19,20)14-8-6-13(7-9-14)15(16)17/h6-9,12H,4-5,10-11H2,1-3H3,(H3,16,17). The van der Waals surface area contributed by atoms with Crippen molar-refractivity contribution in [1.82, 2.24) is 4.90 Å². The molecule has 1 unspecified atom stereocenters. The number of hydrogen-bond donors (Lipinski definition) is 2. The molecule has 0 aliphatic carbocycles. The topological polar surface area (TPSA) is 87.2 Å². The van der Waals surface area contributed by atoms with Gasteiger partial charge in [-0.1, -0.05) is 25.5 Å². The van der Waals surface area contributed by atoms with E-state index in [1.54, 1.807) is 12.1 Å². The Balaban J connectivity index is 2.71. The summed E-state index contributed by atoms with van der Waals surface area (Å²) in [7, 11) is -1.35. The Labute approximate surface area is 127 Å². The average molecular weight is 311 g/mol. The van der Waals surface area contributed by atoms with Gasteiger partial charge >= 0.3 is 0 Å². The van der Waals surface area contributed by atoms with Crippen molar-refractivity contribution in [3.63, 3.8) is 0 Å². The highest BCUT2D eigenvalue weighted by Crippen LogP contribution is 2.13. The Kier molecular flexibility index (Phi) is 6.36. The van der Waals surface area contributed by atoms with Crippen LogP contribution in [0.1, 0.15) is 32.3 Å². The van der Waals surface area contributed by atoms with Crippen LogP contribution in [-0.4, -0.2) is 44.5 Å². The van der Waals surface area contributed by atoms with E-state index < -0.39 is 9.84 Å². The van der Waals surface area contributed by atoms with Crippen LogP contribution in [0.3, 0.4) is 0 Å². The Bertz CT molecular complexity index is 567. The summed E-state index contributed by atoms with van der Waals surface area (Å²) in [5.41, 5.74) is 5.89. The number of sulfone groups is 1. The minimum absolute atomic E-state index is 0.0629. The lowest BCUT2D eigenvalue weighted by molar-refractivity contribution is 0.258. The predicted molar refractivity (Wildman–Crippen MR) is 86.5 cm³/mol. The molecule has 0 bridgehead atoms. The number of nitrogens with zero attached hydrogens (tertiary/aromatic N) is 1. The highest BCUT2D eigenvalue weighted by atomic mass is 32.2. The first-order chi connectivity index (χ1) is 9.77. The van der Waals surface area contributed by atoms with Crippen molar-refractivity contribution in [3.8, 4) is 0 Å². The van der Waals surface area contributed by atoms with E-state index in [-0.39, 0.29) is 16.5 Å². The minimum Gasteiger partial charge on any atom is -0.384 e. The van der Waals surface area contributed by atoms with E-state index in [4.69, 9.17) is 11.1 Å². The van der Waals surface area contributed by atoms with Gasteiger partial charge in [-0.3, -0.25) is 5.41 Å². The summed E-state index contributed by atoms with van der Waals surface area (Å²) >= 11 is 0. The maximum Gasteiger partial charge on any atom is 0.179 e. The predicted octanol–water partition coefficient (Wildman–Crippen LogP) is 1.86. The van der Waals surface area contributed by atoms with Gasteiger partial charge in [0.15, 0.2) is 9.84 Å². The fourth-order valence-corrected chi connectivity index (χ4v) is 3.40. The first kappa shape index (κ1) is 17.7. The Morgan fingerprint density at radius 2 is 1.90 bits per heavy atom. The molecule has 0 saturated heterocycles. The van der Waals surface area contributed by atoms with E-state index in [0.717, 1.165) is 12.8 Å². The molecule has 0 aliphatic heterocycles. The van der Waals surface area contributed by atoms with Gasteiger partial charge in [0.05, 0.1) is 10.6 Å². The second-order valence-electron chi connectivity index (χ2n) is 5.38. The Morgan fingerprint density at radius 3 is 2.38 bits per heavy atom. The maximum atomic E-state index is 12.3. The molecule has 0 heterocycles. The summed E-state index contributed by atoms with van der Waals surface area (Å²) in [4.78, 5) is 2.36. The van der Waals surface area contributed by atoms with Gasteiger partial charge in [-0.15, -0.1) is 0 Å². The summed E-state index contributed by atoms with van der Waals surface area (Å²) in [5, 5.41) is 7.31. The molecular weight excluding hydrogens is 286 g/mol. The lowest BCUT2D eigenvalue weighted by Crippen LogP contribution is -2.33. The summed E-state index contributed by atoms with van der Waals surface area (Å²) < 4.78 is 24.6. The van der Waals surface area contributed by atoms with Crippen molar-refractivity contribution in [1.29, 1.82) is 5.41 Å². The van der Waals surface area contributed by atoms with Gasteiger partial charge in [0.25, 0.3) is 0 Å². The molecular formula is C15H25N3O2S. The molecule has 0 saturated carbocycles. The quantitative estimate of drug-likeness (QED) is 0.567. The van der Waals surface area contributed by atoms with E-state index in [2.05, 4.69) is 18.7 Å². The normalized spacial score (nSPS) is 13.3. The van der Waals surface area contributed by atoms with Gasteiger partial charge in [-0.25, -0.2) is 8.42 Å². The average Bonchev–Trinajstić information content (AvgIpc) is 2.45. The largest absolute Gasteiger partial charge is 0.384 e. The number of nitrogens with two attached hydrogens (primary N) is 1. The number of amidine groups is 1. The molecule has 6 heteroatoms.